The molecule has 1 aromatic rings. The Labute approximate surface area is 141 Å². The van der Waals surface area contributed by atoms with E-state index in [4.69, 9.17) is 11.6 Å². The van der Waals surface area contributed by atoms with Crippen LogP contribution in [0.5, 0.6) is 0 Å². The highest BCUT2D eigenvalue weighted by atomic mass is 127. The summed E-state index contributed by atoms with van der Waals surface area (Å²) < 4.78 is 0. The number of hydrogen-bond donors (Lipinski definition) is 3. The second-order valence-electron chi connectivity index (χ2n) is 4.03. The lowest BCUT2D eigenvalue weighted by atomic mass is 10.2. The lowest BCUT2D eigenvalue weighted by molar-refractivity contribution is -0.116. The molecule has 0 bridgehead atoms. The summed E-state index contributed by atoms with van der Waals surface area (Å²) in [5.41, 5.74) is 1.69. The molecule has 0 saturated carbocycles. The van der Waals surface area contributed by atoms with Gasteiger partial charge in [0.05, 0.1) is 10.7 Å². The van der Waals surface area contributed by atoms with E-state index in [0.29, 0.717) is 29.6 Å². The van der Waals surface area contributed by atoms with E-state index in [1.54, 1.807) is 20.2 Å². The first-order valence-electron chi connectivity index (χ1n) is 6.01. The maximum Gasteiger partial charge on any atom is 0.226 e. The molecular formula is C13H20ClIN4O. The van der Waals surface area contributed by atoms with E-state index >= 15 is 0 Å². The van der Waals surface area contributed by atoms with Crippen molar-refractivity contribution in [1.82, 2.24) is 10.6 Å². The molecule has 0 aliphatic carbocycles. The molecule has 0 unspecified atom stereocenters. The molecule has 3 N–H and O–H groups in total. The van der Waals surface area contributed by atoms with Gasteiger partial charge in [0, 0.05) is 27.1 Å². The molecule has 1 rings (SSSR count). The maximum absolute atomic E-state index is 11.7. The van der Waals surface area contributed by atoms with E-state index in [2.05, 4.69) is 20.9 Å². The first-order chi connectivity index (χ1) is 9.06. The molecule has 0 aromatic heterocycles. The van der Waals surface area contributed by atoms with Gasteiger partial charge < -0.3 is 16.0 Å². The molecule has 20 heavy (non-hydrogen) atoms. The van der Waals surface area contributed by atoms with Gasteiger partial charge in [0.25, 0.3) is 0 Å². The number of nitrogens with one attached hydrogen (secondary N) is 3. The van der Waals surface area contributed by atoms with Gasteiger partial charge in [-0.1, -0.05) is 17.7 Å². The Morgan fingerprint density at radius 1 is 1.40 bits per heavy atom. The van der Waals surface area contributed by atoms with Gasteiger partial charge in [-0.05, 0) is 24.6 Å². The van der Waals surface area contributed by atoms with Crippen molar-refractivity contribution in [2.24, 2.45) is 4.99 Å². The van der Waals surface area contributed by atoms with Crippen molar-refractivity contribution in [2.45, 2.75) is 13.3 Å². The van der Waals surface area contributed by atoms with Crippen molar-refractivity contribution in [3.63, 3.8) is 0 Å². The van der Waals surface area contributed by atoms with Crippen molar-refractivity contribution in [3.05, 3.63) is 28.8 Å². The minimum atomic E-state index is -0.0928. The number of carbonyl (C=O) groups is 1. The summed E-state index contributed by atoms with van der Waals surface area (Å²) in [6.07, 6.45) is 0.338. The molecule has 1 amide bonds. The number of rotatable bonds is 4. The first kappa shape index (κ1) is 19.0. The molecule has 112 valence electrons. The van der Waals surface area contributed by atoms with Gasteiger partial charge in [-0.25, -0.2) is 0 Å². The monoisotopic (exact) mass is 410 g/mol. The first-order valence-corrected chi connectivity index (χ1v) is 6.39. The minimum Gasteiger partial charge on any atom is -0.359 e. The molecule has 0 saturated heterocycles. The van der Waals surface area contributed by atoms with Crippen LogP contribution >= 0.6 is 35.6 Å². The summed E-state index contributed by atoms with van der Waals surface area (Å²) in [5.74, 6) is 0.561. The van der Waals surface area contributed by atoms with Crippen LogP contribution in [0.15, 0.2) is 23.2 Å². The standard InChI is InChI=1S/C13H19ClN4O.HI/c1-9-4-5-11(10(14)8-9)18-12(19)6-7-17-13(15-2)16-3;/h4-5,8H,6-7H2,1-3H3,(H,18,19)(H2,15,16,17);1H. The number of nitrogens with zero attached hydrogens (tertiary/aromatic N) is 1. The molecule has 0 aliphatic heterocycles. The summed E-state index contributed by atoms with van der Waals surface area (Å²) in [7, 11) is 3.44. The lowest BCUT2D eigenvalue weighted by Gasteiger charge is -2.10. The summed E-state index contributed by atoms with van der Waals surface area (Å²) in [6, 6.07) is 5.52. The lowest BCUT2D eigenvalue weighted by Crippen LogP contribution is -2.36. The highest BCUT2D eigenvalue weighted by Gasteiger charge is 2.06. The van der Waals surface area contributed by atoms with Gasteiger partial charge in [0.1, 0.15) is 0 Å². The van der Waals surface area contributed by atoms with Crippen LogP contribution in [-0.4, -0.2) is 32.5 Å². The zero-order chi connectivity index (χ0) is 14.3. The third kappa shape index (κ3) is 6.42. The molecule has 0 radical (unpaired) electrons. The van der Waals surface area contributed by atoms with E-state index in [1.807, 2.05) is 19.1 Å². The summed E-state index contributed by atoms with van der Waals surface area (Å²) in [6.45, 7) is 2.45. The molecular weight excluding hydrogens is 391 g/mol. The SMILES string of the molecule is CN=C(NC)NCCC(=O)Nc1ccc(C)cc1Cl.I. The van der Waals surface area contributed by atoms with Crippen LogP contribution in [0.1, 0.15) is 12.0 Å². The maximum atomic E-state index is 11.7. The number of amides is 1. The third-order valence-corrected chi connectivity index (χ3v) is 2.82. The average Bonchev–Trinajstić information content (AvgIpc) is 2.38. The fourth-order valence-corrected chi connectivity index (χ4v) is 1.79. The second kappa shape index (κ2) is 9.82. The van der Waals surface area contributed by atoms with Crippen molar-refractivity contribution >= 4 is 53.1 Å². The number of carbonyl (C=O) groups excluding carboxylic acids is 1. The Balaban J connectivity index is 0.00000361. The van der Waals surface area contributed by atoms with Crippen LogP contribution in [0.2, 0.25) is 5.02 Å². The summed E-state index contributed by atoms with van der Waals surface area (Å²) in [4.78, 5) is 15.7. The second-order valence-corrected chi connectivity index (χ2v) is 4.44. The number of aliphatic imine (C=N–C) groups is 1. The summed E-state index contributed by atoms with van der Waals surface area (Å²) >= 11 is 6.04. The van der Waals surface area contributed by atoms with E-state index < -0.39 is 0 Å². The third-order valence-electron chi connectivity index (χ3n) is 2.50. The topological polar surface area (TPSA) is 65.5 Å². The number of anilines is 1. The zero-order valence-corrected chi connectivity index (χ0v) is 14.9. The van der Waals surface area contributed by atoms with Gasteiger partial charge in [-0.2, -0.15) is 0 Å². The van der Waals surface area contributed by atoms with Crippen LogP contribution in [0.4, 0.5) is 5.69 Å². The molecule has 1 aromatic carbocycles. The number of benzene rings is 1. The molecule has 5 nitrogen and oxygen atoms in total. The fraction of sp³-hybridized carbons (Fsp3) is 0.385. The van der Waals surface area contributed by atoms with Gasteiger partial charge in [-0.15, -0.1) is 24.0 Å². The Bertz CT molecular complexity index is 479. The molecule has 7 heteroatoms. The van der Waals surface area contributed by atoms with Crippen LogP contribution in [0.3, 0.4) is 0 Å². The van der Waals surface area contributed by atoms with Crippen molar-refractivity contribution in [1.29, 1.82) is 0 Å². The summed E-state index contributed by atoms with van der Waals surface area (Å²) in [5, 5.41) is 9.21. The number of hydrogen-bond acceptors (Lipinski definition) is 2. The van der Waals surface area contributed by atoms with E-state index in [9.17, 15) is 4.79 Å². The van der Waals surface area contributed by atoms with Gasteiger partial charge in [0.2, 0.25) is 5.91 Å². The zero-order valence-electron chi connectivity index (χ0n) is 11.8. The molecule has 0 fully saturated rings. The van der Waals surface area contributed by atoms with Crippen molar-refractivity contribution < 1.29 is 4.79 Å². The number of aryl methyl sites for hydroxylation is 1. The largest absolute Gasteiger partial charge is 0.359 e. The molecule has 0 atom stereocenters. The van der Waals surface area contributed by atoms with Crippen molar-refractivity contribution in [3.8, 4) is 0 Å². The average molecular weight is 411 g/mol. The van der Waals surface area contributed by atoms with Crippen LogP contribution in [-0.2, 0) is 4.79 Å². The number of halogens is 2. The predicted octanol–water partition coefficient (Wildman–Crippen LogP) is 2.39. The Hall–Kier alpha value is -1.02. The normalized spacial score (nSPS) is 10.5. The van der Waals surface area contributed by atoms with Gasteiger partial charge >= 0.3 is 0 Å². The van der Waals surface area contributed by atoms with E-state index in [0.717, 1.165) is 5.56 Å². The smallest absolute Gasteiger partial charge is 0.226 e. The fourth-order valence-electron chi connectivity index (χ4n) is 1.51. The van der Waals surface area contributed by atoms with E-state index in [-0.39, 0.29) is 29.9 Å². The molecule has 0 heterocycles. The predicted molar refractivity (Wildman–Crippen MR) is 95.3 cm³/mol. The van der Waals surface area contributed by atoms with Gasteiger partial charge in [0.15, 0.2) is 5.96 Å². The van der Waals surface area contributed by atoms with Gasteiger partial charge in [-0.3, -0.25) is 9.79 Å². The molecule has 0 aliphatic rings. The van der Waals surface area contributed by atoms with Crippen LogP contribution in [0.25, 0.3) is 0 Å². The van der Waals surface area contributed by atoms with Crippen LogP contribution < -0.4 is 16.0 Å². The highest BCUT2D eigenvalue weighted by Crippen LogP contribution is 2.22. The van der Waals surface area contributed by atoms with Crippen LogP contribution in [0, 0.1) is 6.92 Å². The Morgan fingerprint density at radius 3 is 2.65 bits per heavy atom. The Kier molecular flexibility index (Phi) is 9.32. The van der Waals surface area contributed by atoms with E-state index in [1.165, 1.54) is 0 Å². The van der Waals surface area contributed by atoms with Crippen molar-refractivity contribution in [2.75, 3.05) is 26.0 Å². The minimum absolute atomic E-state index is 0. The Morgan fingerprint density at radius 2 is 2.10 bits per heavy atom. The number of guanidine groups is 1. The molecule has 0 spiro atoms. The highest BCUT2D eigenvalue weighted by molar-refractivity contribution is 14.0. The quantitative estimate of drug-likeness (QED) is 0.406.